The maximum absolute atomic E-state index is 13.4. The second kappa shape index (κ2) is 12.6. The molecule has 2 aliphatic heterocycles. The van der Waals surface area contributed by atoms with E-state index < -0.39 is 16.1 Å². The molecule has 0 aromatic heterocycles. The largest absolute Gasteiger partial charge is 0.477 e. The summed E-state index contributed by atoms with van der Waals surface area (Å²) in [7, 11) is -3.57. The lowest BCUT2D eigenvalue weighted by molar-refractivity contribution is -0.128. The topological polar surface area (TPSA) is 105 Å². The van der Waals surface area contributed by atoms with Gasteiger partial charge in [-0.05, 0) is 48.2 Å². The van der Waals surface area contributed by atoms with Crippen molar-refractivity contribution in [3.8, 4) is 5.75 Å². The van der Waals surface area contributed by atoms with Crippen molar-refractivity contribution in [1.29, 1.82) is 0 Å². The highest BCUT2D eigenvalue weighted by Gasteiger charge is 2.33. The van der Waals surface area contributed by atoms with Gasteiger partial charge in [0, 0.05) is 26.1 Å². The van der Waals surface area contributed by atoms with Crippen LogP contribution in [0.25, 0.3) is 0 Å². The van der Waals surface area contributed by atoms with Crippen LogP contribution in [-0.2, 0) is 37.2 Å². The third-order valence-corrected chi connectivity index (χ3v) is 8.99. The number of benzene rings is 3. The van der Waals surface area contributed by atoms with Gasteiger partial charge in [-0.15, -0.1) is 0 Å². The summed E-state index contributed by atoms with van der Waals surface area (Å²) in [5.74, 6) is 0.0890. The number of nitrogens with zero attached hydrogens (tertiary/aromatic N) is 2. The van der Waals surface area contributed by atoms with Crippen molar-refractivity contribution in [1.82, 2.24) is 9.62 Å². The van der Waals surface area contributed by atoms with Crippen molar-refractivity contribution in [3.05, 3.63) is 90.0 Å². The molecular formula is C30H33N3O6S. The lowest BCUT2D eigenvalue weighted by atomic mass is 10.1. The molecule has 1 fully saturated rings. The number of nitrogens with one attached hydrogen (secondary N) is 1. The third kappa shape index (κ3) is 6.52. The molecule has 2 heterocycles. The Hall–Kier alpha value is -3.73. The van der Waals surface area contributed by atoms with Crippen LogP contribution in [0.1, 0.15) is 17.5 Å². The van der Waals surface area contributed by atoms with Gasteiger partial charge in [-0.2, -0.15) is 4.31 Å². The molecule has 0 aliphatic carbocycles. The number of rotatable bonds is 9. The number of ether oxygens (including phenoxy) is 2. The number of anilines is 1. The quantitative estimate of drug-likeness (QED) is 0.429. The number of aryl methyl sites for hydroxylation is 1. The van der Waals surface area contributed by atoms with Gasteiger partial charge in [-0.3, -0.25) is 9.59 Å². The van der Waals surface area contributed by atoms with Gasteiger partial charge in [-0.25, -0.2) is 8.42 Å². The smallest absolute Gasteiger partial charge is 0.262 e. The van der Waals surface area contributed by atoms with E-state index in [1.54, 1.807) is 35.2 Å². The van der Waals surface area contributed by atoms with Crippen molar-refractivity contribution < 1.29 is 27.5 Å². The highest BCUT2D eigenvalue weighted by molar-refractivity contribution is 7.89. The summed E-state index contributed by atoms with van der Waals surface area (Å²) in [6.07, 6.45) is 0.515. The first-order valence-corrected chi connectivity index (χ1v) is 14.9. The second-order valence-corrected chi connectivity index (χ2v) is 11.7. The van der Waals surface area contributed by atoms with Crippen molar-refractivity contribution in [2.24, 2.45) is 0 Å². The molecule has 0 radical (unpaired) electrons. The minimum atomic E-state index is -3.57. The monoisotopic (exact) mass is 563 g/mol. The van der Waals surface area contributed by atoms with E-state index in [0.29, 0.717) is 57.1 Å². The van der Waals surface area contributed by atoms with Crippen molar-refractivity contribution >= 4 is 27.5 Å². The average Bonchev–Trinajstić information content (AvgIpc) is 3.00. The second-order valence-electron chi connectivity index (χ2n) is 9.77. The zero-order valence-corrected chi connectivity index (χ0v) is 23.0. The molecule has 1 saturated heterocycles. The number of carbonyl (C=O) groups is 2. The molecule has 2 aliphatic rings. The highest BCUT2D eigenvalue weighted by Crippen LogP contribution is 2.33. The van der Waals surface area contributed by atoms with E-state index in [-0.39, 0.29) is 29.7 Å². The zero-order valence-electron chi connectivity index (χ0n) is 22.2. The number of sulfonamides is 1. The molecule has 2 amide bonds. The molecular weight excluding hydrogens is 530 g/mol. The Balaban J connectivity index is 1.20. The standard InChI is InChI=1S/C30H33N3O6S/c34-29(15-12-24-10-13-25(14-11-24)40(36,37)32-18-20-38-21-19-32)33-22-28(39-27-9-5-4-8-26(27)33)30(35)31-17-16-23-6-2-1-3-7-23/h1-11,13-14,28H,12,15-22H2,(H,31,35)/t28-/m1/s1. The SMILES string of the molecule is O=C(NCCc1ccccc1)[C@H]1CN(C(=O)CCc2ccc(S(=O)(=O)N3CCOCC3)cc2)c2ccccc2O1. The fourth-order valence-corrected chi connectivity index (χ4v) is 6.25. The van der Waals surface area contributed by atoms with Gasteiger partial charge in [0.05, 0.1) is 30.3 Å². The fraction of sp³-hybridized carbons (Fsp3) is 0.333. The van der Waals surface area contributed by atoms with Crippen molar-refractivity contribution in [3.63, 3.8) is 0 Å². The van der Waals surface area contributed by atoms with Crippen LogP contribution in [0.5, 0.6) is 5.75 Å². The molecule has 0 spiro atoms. The number of para-hydroxylation sites is 2. The van der Waals surface area contributed by atoms with Crippen molar-refractivity contribution in [2.75, 3.05) is 44.3 Å². The van der Waals surface area contributed by atoms with E-state index in [9.17, 15) is 18.0 Å². The number of hydrogen-bond acceptors (Lipinski definition) is 6. The van der Waals surface area contributed by atoms with Crippen LogP contribution in [0.15, 0.2) is 83.8 Å². The van der Waals surface area contributed by atoms with Gasteiger partial charge < -0.3 is 19.7 Å². The summed E-state index contributed by atoms with van der Waals surface area (Å²) in [4.78, 5) is 28.1. The van der Waals surface area contributed by atoms with E-state index in [2.05, 4.69) is 5.32 Å². The molecule has 10 heteroatoms. The van der Waals surface area contributed by atoms with E-state index in [1.165, 1.54) is 4.31 Å². The predicted molar refractivity (Wildman–Crippen MR) is 151 cm³/mol. The number of amides is 2. The number of carbonyl (C=O) groups excluding carboxylic acids is 2. The number of hydrogen-bond donors (Lipinski definition) is 1. The van der Waals surface area contributed by atoms with Gasteiger partial charge in [0.2, 0.25) is 15.9 Å². The molecule has 5 rings (SSSR count). The molecule has 0 bridgehead atoms. The predicted octanol–water partition coefficient (Wildman–Crippen LogP) is 2.79. The molecule has 9 nitrogen and oxygen atoms in total. The first kappa shape index (κ1) is 27.8. The van der Waals surface area contributed by atoms with Crippen LogP contribution in [0, 0.1) is 0 Å². The molecule has 40 heavy (non-hydrogen) atoms. The Morgan fingerprint density at radius 3 is 2.27 bits per heavy atom. The molecule has 210 valence electrons. The van der Waals surface area contributed by atoms with Gasteiger partial charge in [0.15, 0.2) is 6.10 Å². The van der Waals surface area contributed by atoms with Gasteiger partial charge in [0.25, 0.3) is 5.91 Å². The van der Waals surface area contributed by atoms with E-state index in [1.807, 2.05) is 48.5 Å². The summed E-state index contributed by atoms with van der Waals surface area (Å²) in [6.45, 7) is 2.04. The molecule has 3 aromatic rings. The van der Waals surface area contributed by atoms with Crippen LogP contribution in [-0.4, -0.2) is 70.0 Å². The maximum Gasteiger partial charge on any atom is 0.262 e. The molecule has 0 unspecified atom stereocenters. The summed E-state index contributed by atoms with van der Waals surface area (Å²) in [5.41, 5.74) is 2.61. The Kier molecular flexibility index (Phi) is 8.78. The van der Waals surface area contributed by atoms with Gasteiger partial charge in [-0.1, -0.05) is 54.6 Å². The first-order chi connectivity index (χ1) is 19.4. The summed E-state index contributed by atoms with van der Waals surface area (Å²) in [6, 6.07) is 23.8. The fourth-order valence-electron chi connectivity index (χ4n) is 4.85. The summed E-state index contributed by atoms with van der Waals surface area (Å²) >= 11 is 0. The minimum Gasteiger partial charge on any atom is -0.477 e. The van der Waals surface area contributed by atoms with Gasteiger partial charge in [0.1, 0.15) is 5.75 Å². The number of morpholine rings is 1. The highest BCUT2D eigenvalue weighted by atomic mass is 32.2. The maximum atomic E-state index is 13.4. The minimum absolute atomic E-state index is 0.115. The van der Waals surface area contributed by atoms with E-state index in [0.717, 1.165) is 11.1 Å². The third-order valence-electron chi connectivity index (χ3n) is 7.08. The lowest BCUT2D eigenvalue weighted by Crippen LogP contribution is -2.51. The Bertz CT molecular complexity index is 1420. The molecule has 1 atom stereocenters. The van der Waals surface area contributed by atoms with Gasteiger partial charge >= 0.3 is 0 Å². The van der Waals surface area contributed by atoms with Crippen LogP contribution >= 0.6 is 0 Å². The summed E-state index contributed by atoms with van der Waals surface area (Å²) < 4.78 is 38.4. The average molecular weight is 564 g/mol. The normalized spacial score (nSPS) is 17.5. The summed E-state index contributed by atoms with van der Waals surface area (Å²) in [5, 5.41) is 2.93. The Morgan fingerprint density at radius 2 is 1.52 bits per heavy atom. The van der Waals surface area contributed by atoms with Crippen LogP contribution in [0.2, 0.25) is 0 Å². The molecule has 1 N–H and O–H groups in total. The lowest BCUT2D eigenvalue weighted by Gasteiger charge is -2.34. The van der Waals surface area contributed by atoms with Crippen LogP contribution < -0.4 is 15.0 Å². The first-order valence-electron chi connectivity index (χ1n) is 13.5. The van der Waals surface area contributed by atoms with E-state index >= 15 is 0 Å². The molecule has 3 aromatic carbocycles. The zero-order chi connectivity index (χ0) is 28.0. The van der Waals surface area contributed by atoms with Crippen LogP contribution in [0.3, 0.4) is 0 Å². The van der Waals surface area contributed by atoms with Crippen molar-refractivity contribution in [2.45, 2.75) is 30.3 Å². The number of fused-ring (bicyclic) bond motifs is 1. The van der Waals surface area contributed by atoms with E-state index in [4.69, 9.17) is 9.47 Å². The Morgan fingerprint density at radius 1 is 0.850 bits per heavy atom. The molecule has 0 saturated carbocycles. The van der Waals surface area contributed by atoms with Crippen LogP contribution in [0.4, 0.5) is 5.69 Å². The Labute approximate surface area is 234 Å².